The summed E-state index contributed by atoms with van der Waals surface area (Å²) >= 11 is 1.71. The van der Waals surface area contributed by atoms with Crippen LogP contribution < -0.4 is 15.4 Å². The molecule has 0 radical (unpaired) electrons. The van der Waals surface area contributed by atoms with E-state index in [9.17, 15) is 0 Å². The predicted octanol–water partition coefficient (Wildman–Crippen LogP) is 4.33. The van der Waals surface area contributed by atoms with E-state index in [1.807, 2.05) is 6.07 Å². The number of hydrogen-bond acceptors (Lipinski definition) is 5. The van der Waals surface area contributed by atoms with Crippen molar-refractivity contribution in [3.05, 3.63) is 63.9 Å². The van der Waals surface area contributed by atoms with Crippen LogP contribution in [0, 0.1) is 6.92 Å². The molecule has 0 saturated carbocycles. The Morgan fingerprint density at radius 3 is 2.87 bits per heavy atom. The Bertz CT molecular complexity index is 957. The summed E-state index contributed by atoms with van der Waals surface area (Å²) in [5.74, 6) is 2.63. The highest BCUT2D eigenvalue weighted by atomic mass is 127. The lowest BCUT2D eigenvalue weighted by molar-refractivity contribution is 0.405. The van der Waals surface area contributed by atoms with Crippen molar-refractivity contribution in [1.82, 2.24) is 25.4 Å². The number of hydrogen-bond donors (Lipinski definition) is 2. The van der Waals surface area contributed by atoms with Crippen LogP contribution in [0.4, 0.5) is 0 Å². The molecule has 2 heterocycles. The minimum absolute atomic E-state index is 0. The van der Waals surface area contributed by atoms with E-state index >= 15 is 0 Å². The smallest absolute Gasteiger partial charge is 0.192 e. The first-order valence-electron chi connectivity index (χ1n) is 10.2. The van der Waals surface area contributed by atoms with Gasteiger partial charge in [-0.05, 0) is 31.4 Å². The summed E-state index contributed by atoms with van der Waals surface area (Å²) in [5.41, 5.74) is 2.30. The molecule has 7 nitrogen and oxygen atoms in total. The van der Waals surface area contributed by atoms with Gasteiger partial charge in [0.15, 0.2) is 5.96 Å². The molecule has 0 amide bonds. The number of guanidine groups is 1. The van der Waals surface area contributed by atoms with Crippen molar-refractivity contribution in [2.75, 3.05) is 13.7 Å². The summed E-state index contributed by atoms with van der Waals surface area (Å²) in [6.07, 6.45) is 2.64. The van der Waals surface area contributed by atoms with Crippen LogP contribution in [0.1, 0.15) is 41.7 Å². The number of nitrogens with zero attached hydrogens (tertiary/aromatic N) is 4. The molecule has 1 aromatic carbocycles. The molecule has 1 atom stereocenters. The second-order valence-electron chi connectivity index (χ2n) is 7.08. The van der Waals surface area contributed by atoms with Gasteiger partial charge in [0.2, 0.25) is 0 Å². The van der Waals surface area contributed by atoms with Crippen LogP contribution >= 0.6 is 35.3 Å². The van der Waals surface area contributed by atoms with Gasteiger partial charge in [-0.2, -0.15) is 0 Å². The highest BCUT2D eigenvalue weighted by molar-refractivity contribution is 14.0. The highest BCUT2D eigenvalue weighted by Crippen LogP contribution is 2.26. The molecule has 1 unspecified atom stereocenters. The third-order valence-corrected chi connectivity index (χ3v) is 5.70. The fraction of sp³-hybridized carbons (Fsp3) is 0.409. The van der Waals surface area contributed by atoms with Crippen molar-refractivity contribution in [1.29, 1.82) is 0 Å². The van der Waals surface area contributed by atoms with Crippen molar-refractivity contribution in [3.63, 3.8) is 0 Å². The Kier molecular flexibility index (Phi) is 10.3. The van der Waals surface area contributed by atoms with Crippen molar-refractivity contribution in [3.8, 4) is 5.75 Å². The summed E-state index contributed by atoms with van der Waals surface area (Å²) in [4.78, 5) is 6.02. The second-order valence-corrected chi connectivity index (χ2v) is 8.11. The van der Waals surface area contributed by atoms with Gasteiger partial charge < -0.3 is 19.9 Å². The molecule has 3 rings (SSSR count). The quantitative estimate of drug-likeness (QED) is 0.234. The molecule has 2 N–H and O–H groups in total. The van der Waals surface area contributed by atoms with Crippen molar-refractivity contribution in [2.24, 2.45) is 4.99 Å². The molecule has 0 aliphatic heterocycles. The Morgan fingerprint density at radius 2 is 2.16 bits per heavy atom. The van der Waals surface area contributed by atoms with Crippen LogP contribution in [-0.4, -0.2) is 34.4 Å². The Morgan fingerprint density at radius 1 is 1.32 bits per heavy atom. The summed E-state index contributed by atoms with van der Waals surface area (Å²) in [6, 6.07) is 10.4. The summed E-state index contributed by atoms with van der Waals surface area (Å²) < 4.78 is 7.63. The largest absolute Gasteiger partial charge is 0.496 e. The average molecular weight is 555 g/mol. The topological polar surface area (TPSA) is 76.4 Å². The minimum atomic E-state index is 0. The van der Waals surface area contributed by atoms with Crippen LogP contribution in [0.3, 0.4) is 0 Å². The molecule has 168 valence electrons. The lowest BCUT2D eigenvalue weighted by atomic mass is 10.0. The molecule has 0 fully saturated rings. The fourth-order valence-electron chi connectivity index (χ4n) is 3.22. The monoisotopic (exact) mass is 554 g/mol. The summed E-state index contributed by atoms with van der Waals surface area (Å²) in [6.45, 7) is 8.42. The number of aromatic nitrogens is 3. The Balaban J connectivity index is 0.00000341. The van der Waals surface area contributed by atoms with E-state index in [1.165, 1.54) is 10.4 Å². The number of methoxy groups -OCH3 is 1. The number of aryl methyl sites for hydroxylation is 2. The third kappa shape index (κ3) is 7.20. The minimum Gasteiger partial charge on any atom is -0.496 e. The van der Waals surface area contributed by atoms with Crippen LogP contribution in [-0.2, 0) is 19.5 Å². The number of thiophene rings is 1. The van der Waals surface area contributed by atoms with Crippen LogP contribution in [0.2, 0.25) is 0 Å². The standard InChI is InChI=1S/C22H30N6OS.HI/c1-5-21-27-25-15-28(21)11-10-23-22(24-14-18-7-6-12-30-18)26-17(3)19-13-16(2)8-9-20(19)29-4;/h6-9,12-13,15,17H,5,10-11,14H2,1-4H3,(H2,23,24,26);1H. The second kappa shape index (κ2) is 12.7. The van der Waals surface area contributed by atoms with E-state index in [1.54, 1.807) is 24.8 Å². The lowest BCUT2D eigenvalue weighted by Gasteiger charge is -2.21. The number of nitrogens with one attached hydrogen (secondary N) is 2. The first-order valence-corrected chi connectivity index (χ1v) is 11.1. The molecule has 31 heavy (non-hydrogen) atoms. The SMILES string of the molecule is CCc1nncn1CCNC(=NCc1cccs1)NC(C)c1cc(C)ccc1OC.I. The van der Waals surface area contributed by atoms with Gasteiger partial charge in [0.1, 0.15) is 17.9 Å². The fourth-order valence-corrected chi connectivity index (χ4v) is 3.85. The predicted molar refractivity (Wildman–Crippen MR) is 138 cm³/mol. The molecule has 0 spiro atoms. The molecule has 9 heteroatoms. The van der Waals surface area contributed by atoms with Crippen molar-refractivity contribution < 1.29 is 4.74 Å². The number of rotatable bonds is 9. The highest BCUT2D eigenvalue weighted by Gasteiger charge is 2.14. The zero-order valence-corrected chi connectivity index (χ0v) is 21.6. The van der Waals surface area contributed by atoms with E-state index in [-0.39, 0.29) is 30.0 Å². The van der Waals surface area contributed by atoms with Gasteiger partial charge in [-0.25, -0.2) is 4.99 Å². The van der Waals surface area contributed by atoms with Crippen molar-refractivity contribution in [2.45, 2.75) is 46.3 Å². The zero-order valence-electron chi connectivity index (χ0n) is 18.5. The van der Waals surface area contributed by atoms with Gasteiger partial charge in [-0.3, -0.25) is 0 Å². The third-order valence-electron chi connectivity index (χ3n) is 4.84. The number of ether oxygens (including phenoxy) is 1. The molecule has 3 aromatic rings. The maximum atomic E-state index is 5.56. The lowest BCUT2D eigenvalue weighted by Crippen LogP contribution is -2.40. The molecule has 2 aromatic heterocycles. The van der Waals surface area contributed by atoms with Crippen LogP contribution in [0.5, 0.6) is 5.75 Å². The van der Waals surface area contributed by atoms with Gasteiger partial charge in [0, 0.05) is 30.0 Å². The van der Waals surface area contributed by atoms with Gasteiger partial charge in [-0.1, -0.05) is 30.7 Å². The van der Waals surface area contributed by atoms with Crippen LogP contribution in [0.15, 0.2) is 47.0 Å². The van der Waals surface area contributed by atoms with E-state index in [4.69, 9.17) is 9.73 Å². The normalized spacial score (nSPS) is 12.2. The first kappa shape index (κ1) is 25.1. The van der Waals surface area contributed by atoms with E-state index in [0.717, 1.165) is 42.6 Å². The number of aliphatic imine (C=N–C) groups is 1. The molecular weight excluding hydrogens is 523 g/mol. The molecule has 0 aliphatic rings. The molecule has 0 aliphatic carbocycles. The number of benzene rings is 1. The van der Waals surface area contributed by atoms with Gasteiger partial charge in [-0.15, -0.1) is 45.5 Å². The Hall–Kier alpha value is -2.14. The van der Waals surface area contributed by atoms with Crippen molar-refractivity contribution >= 4 is 41.3 Å². The maximum Gasteiger partial charge on any atom is 0.192 e. The average Bonchev–Trinajstić information content (AvgIpc) is 3.43. The first-order chi connectivity index (χ1) is 14.6. The Labute approximate surface area is 205 Å². The molecular formula is C22H31IN6OS. The van der Waals surface area contributed by atoms with Gasteiger partial charge in [0.25, 0.3) is 0 Å². The maximum absolute atomic E-state index is 5.56. The zero-order chi connectivity index (χ0) is 21.3. The van der Waals surface area contributed by atoms with Gasteiger partial charge >= 0.3 is 0 Å². The van der Waals surface area contributed by atoms with E-state index in [2.05, 4.69) is 75.8 Å². The van der Waals surface area contributed by atoms with E-state index in [0.29, 0.717) is 6.54 Å². The molecule has 0 bridgehead atoms. The number of halogens is 1. The molecule has 0 saturated heterocycles. The van der Waals surface area contributed by atoms with E-state index < -0.39 is 0 Å². The summed E-state index contributed by atoms with van der Waals surface area (Å²) in [5, 5.41) is 17.2. The summed E-state index contributed by atoms with van der Waals surface area (Å²) in [7, 11) is 1.70. The van der Waals surface area contributed by atoms with Gasteiger partial charge in [0.05, 0.1) is 19.7 Å². The van der Waals surface area contributed by atoms with Crippen LogP contribution in [0.25, 0.3) is 0 Å².